The highest BCUT2D eigenvalue weighted by atomic mass is 35.5. The summed E-state index contributed by atoms with van der Waals surface area (Å²) in [6.45, 7) is 3.21. The van der Waals surface area contributed by atoms with Gasteiger partial charge in [-0.3, -0.25) is 4.98 Å². The van der Waals surface area contributed by atoms with Gasteiger partial charge in [-0.2, -0.15) is 4.31 Å². The molecular formula is C25H27ClN2O5S. The summed E-state index contributed by atoms with van der Waals surface area (Å²) >= 11 is 6.24. The lowest BCUT2D eigenvalue weighted by atomic mass is 10.2. The minimum absolute atomic E-state index is 0.0204. The van der Waals surface area contributed by atoms with Crippen LogP contribution in [0.2, 0.25) is 5.02 Å². The van der Waals surface area contributed by atoms with Crippen molar-refractivity contribution < 1.29 is 22.6 Å². The largest absolute Gasteiger partial charge is 0.493 e. The van der Waals surface area contributed by atoms with Gasteiger partial charge in [0.25, 0.3) is 0 Å². The third kappa shape index (κ3) is 5.52. The second-order valence-electron chi connectivity index (χ2n) is 8.09. The third-order valence-corrected chi connectivity index (χ3v) is 8.03. The first-order valence-electron chi connectivity index (χ1n) is 10.9. The van der Waals surface area contributed by atoms with E-state index in [9.17, 15) is 8.42 Å². The van der Waals surface area contributed by atoms with Crippen molar-refractivity contribution in [2.75, 3.05) is 20.3 Å². The molecule has 0 bridgehead atoms. The van der Waals surface area contributed by atoms with E-state index in [2.05, 4.69) is 4.98 Å². The minimum Gasteiger partial charge on any atom is -0.493 e. The van der Waals surface area contributed by atoms with Crippen LogP contribution in [-0.4, -0.2) is 44.1 Å². The number of benzene rings is 2. The third-order valence-electron chi connectivity index (χ3n) is 5.69. The number of rotatable bonds is 9. The van der Waals surface area contributed by atoms with Crippen LogP contribution >= 0.6 is 11.6 Å². The molecule has 0 saturated carbocycles. The highest BCUT2D eigenvalue weighted by molar-refractivity contribution is 7.89. The first-order valence-corrected chi connectivity index (χ1v) is 12.8. The summed E-state index contributed by atoms with van der Waals surface area (Å²) in [4.78, 5) is 4.31. The molecule has 7 nitrogen and oxygen atoms in total. The van der Waals surface area contributed by atoms with Crippen LogP contribution in [0.25, 0.3) is 0 Å². The van der Waals surface area contributed by atoms with Gasteiger partial charge in [0.15, 0.2) is 11.5 Å². The Kier molecular flexibility index (Phi) is 7.73. The van der Waals surface area contributed by atoms with E-state index in [4.69, 9.17) is 25.8 Å². The van der Waals surface area contributed by atoms with E-state index in [0.717, 1.165) is 17.5 Å². The number of hydrogen-bond acceptors (Lipinski definition) is 6. The predicted octanol–water partition coefficient (Wildman–Crippen LogP) is 4.61. The number of aromatic nitrogens is 1. The number of halogens is 1. The van der Waals surface area contributed by atoms with E-state index in [-0.39, 0.29) is 24.1 Å². The number of ether oxygens (including phenoxy) is 3. The SMILES string of the molecule is COc1cc(CN(Cc2cccnc2)S(=O)(=O)c2cccc(Cl)c2C)ccc1O[C@H]1CCOC1. The molecule has 1 atom stereocenters. The summed E-state index contributed by atoms with van der Waals surface area (Å²) < 4.78 is 45.8. The first-order chi connectivity index (χ1) is 16.4. The summed E-state index contributed by atoms with van der Waals surface area (Å²) in [5, 5.41) is 0.404. The molecule has 1 fully saturated rings. The van der Waals surface area contributed by atoms with E-state index in [1.807, 2.05) is 24.3 Å². The maximum Gasteiger partial charge on any atom is 0.243 e. The molecule has 0 unspecified atom stereocenters. The van der Waals surface area contributed by atoms with Gasteiger partial charge in [0.05, 0.1) is 25.2 Å². The van der Waals surface area contributed by atoms with Crippen LogP contribution in [0.4, 0.5) is 0 Å². The van der Waals surface area contributed by atoms with Crippen molar-refractivity contribution in [1.82, 2.24) is 9.29 Å². The summed E-state index contributed by atoms with van der Waals surface area (Å²) in [7, 11) is -2.30. The van der Waals surface area contributed by atoms with Crippen molar-refractivity contribution in [1.29, 1.82) is 0 Å². The fourth-order valence-electron chi connectivity index (χ4n) is 3.82. The molecule has 2 aromatic carbocycles. The maximum atomic E-state index is 13.7. The topological polar surface area (TPSA) is 78.0 Å². The van der Waals surface area contributed by atoms with Crippen LogP contribution in [0.5, 0.6) is 11.5 Å². The van der Waals surface area contributed by atoms with Crippen LogP contribution in [0.1, 0.15) is 23.1 Å². The summed E-state index contributed by atoms with van der Waals surface area (Å²) in [5.74, 6) is 1.15. The lowest BCUT2D eigenvalue weighted by molar-refractivity contribution is 0.138. The van der Waals surface area contributed by atoms with Crippen molar-refractivity contribution in [3.63, 3.8) is 0 Å². The lowest BCUT2D eigenvalue weighted by Gasteiger charge is -2.24. The average molecular weight is 503 g/mol. The molecule has 9 heteroatoms. The van der Waals surface area contributed by atoms with Crippen molar-refractivity contribution in [2.24, 2.45) is 0 Å². The normalized spacial score (nSPS) is 16.1. The van der Waals surface area contributed by atoms with Crippen molar-refractivity contribution in [3.05, 3.63) is 82.6 Å². The number of methoxy groups -OCH3 is 1. The first kappa shape index (κ1) is 24.5. The highest BCUT2D eigenvalue weighted by Crippen LogP contribution is 2.32. The lowest BCUT2D eigenvalue weighted by Crippen LogP contribution is -2.31. The van der Waals surface area contributed by atoms with E-state index >= 15 is 0 Å². The molecule has 34 heavy (non-hydrogen) atoms. The Morgan fingerprint density at radius 1 is 1.12 bits per heavy atom. The van der Waals surface area contributed by atoms with Gasteiger partial charge in [0, 0.05) is 36.9 Å². The van der Waals surface area contributed by atoms with Crippen LogP contribution in [0.3, 0.4) is 0 Å². The van der Waals surface area contributed by atoms with Gasteiger partial charge >= 0.3 is 0 Å². The molecular weight excluding hydrogens is 476 g/mol. The van der Waals surface area contributed by atoms with Gasteiger partial charge < -0.3 is 14.2 Å². The van der Waals surface area contributed by atoms with Crippen molar-refractivity contribution in [2.45, 2.75) is 37.4 Å². The molecule has 0 N–H and O–H groups in total. The fraction of sp³-hybridized carbons (Fsp3) is 0.320. The Balaban J connectivity index is 1.66. The molecule has 0 amide bonds. The smallest absolute Gasteiger partial charge is 0.243 e. The zero-order valence-corrected chi connectivity index (χ0v) is 20.7. The summed E-state index contributed by atoms with van der Waals surface area (Å²) in [5.41, 5.74) is 2.05. The van der Waals surface area contributed by atoms with Gasteiger partial charge in [-0.25, -0.2) is 8.42 Å². The van der Waals surface area contributed by atoms with Gasteiger partial charge in [-0.15, -0.1) is 0 Å². The highest BCUT2D eigenvalue weighted by Gasteiger charge is 2.28. The molecule has 0 spiro atoms. The Morgan fingerprint density at radius 3 is 2.65 bits per heavy atom. The molecule has 2 heterocycles. The number of nitrogens with zero attached hydrogens (tertiary/aromatic N) is 2. The molecule has 4 rings (SSSR count). The fourth-order valence-corrected chi connectivity index (χ4v) is 5.72. The van der Waals surface area contributed by atoms with Gasteiger partial charge in [-0.05, 0) is 53.9 Å². The summed E-state index contributed by atoms with van der Waals surface area (Å²) in [6, 6.07) is 14.0. The Hall–Kier alpha value is -2.65. The Bertz CT molecular complexity index is 1230. The molecule has 1 saturated heterocycles. The second-order valence-corrected chi connectivity index (χ2v) is 10.4. The number of hydrogen-bond donors (Lipinski definition) is 0. The number of sulfonamides is 1. The molecule has 180 valence electrons. The van der Waals surface area contributed by atoms with E-state index in [1.165, 1.54) is 4.31 Å². The average Bonchev–Trinajstić information content (AvgIpc) is 3.35. The number of pyridine rings is 1. The van der Waals surface area contributed by atoms with E-state index in [1.54, 1.807) is 50.7 Å². The monoisotopic (exact) mass is 502 g/mol. The minimum atomic E-state index is -3.87. The standard InChI is InChI=1S/C25H27ClN2O5S/c1-18-22(26)6-3-7-25(18)34(29,30)28(16-20-5-4-11-27-14-20)15-19-8-9-23(24(13-19)31-2)33-21-10-12-32-17-21/h3-9,11,13-14,21H,10,12,15-17H2,1-2H3/t21-/m0/s1. The molecule has 1 aromatic heterocycles. The van der Waals surface area contributed by atoms with E-state index in [0.29, 0.717) is 35.3 Å². The van der Waals surface area contributed by atoms with Crippen LogP contribution in [0.15, 0.2) is 65.8 Å². The van der Waals surface area contributed by atoms with Crippen molar-refractivity contribution >= 4 is 21.6 Å². The van der Waals surface area contributed by atoms with Crippen LogP contribution in [-0.2, 0) is 27.8 Å². The van der Waals surface area contributed by atoms with Gasteiger partial charge in [0.1, 0.15) is 6.10 Å². The van der Waals surface area contributed by atoms with Crippen molar-refractivity contribution in [3.8, 4) is 11.5 Å². The molecule has 1 aliphatic rings. The van der Waals surface area contributed by atoms with Gasteiger partial charge in [0.2, 0.25) is 10.0 Å². The maximum absolute atomic E-state index is 13.7. The predicted molar refractivity (Wildman–Crippen MR) is 130 cm³/mol. The zero-order valence-electron chi connectivity index (χ0n) is 19.1. The Labute approximate surface area is 205 Å². The second kappa shape index (κ2) is 10.7. The quantitative estimate of drug-likeness (QED) is 0.425. The molecule has 0 radical (unpaired) electrons. The van der Waals surface area contributed by atoms with E-state index < -0.39 is 10.0 Å². The molecule has 0 aliphatic carbocycles. The zero-order chi connectivity index (χ0) is 24.1. The summed E-state index contributed by atoms with van der Waals surface area (Å²) in [6.07, 6.45) is 4.12. The molecule has 3 aromatic rings. The van der Waals surface area contributed by atoms with Crippen LogP contribution < -0.4 is 9.47 Å². The van der Waals surface area contributed by atoms with Crippen LogP contribution in [0, 0.1) is 6.92 Å². The van der Waals surface area contributed by atoms with Gasteiger partial charge in [-0.1, -0.05) is 29.8 Å². The molecule has 1 aliphatic heterocycles. The Morgan fingerprint density at radius 2 is 1.94 bits per heavy atom.